The zero-order valence-electron chi connectivity index (χ0n) is 16.5. The summed E-state index contributed by atoms with van der Waals surface area (Å²) in [6.07, 6.45) is 5.36. The molecule has 3 heterocycles. The SMILES string of the molecule is CCc1cc2c(N3CCC[C@@H](C(=O)NCCc4ccc(Cl)cc4)C3)ncnc2s1. The Morgan fingerprint density at radius 1 is 1.31 bits per heavy atom. The Hall–Kier alpha value is -2.18. The third-order valence-electron chi connectivity index (χ3n) is 5.43. The van der Waals surface area contributed by atoms with Gasteiger partial charge in [-0.15, -0.1) is 11.3 Å². The van der Waals surface area contributed by atoms with Gasteiger partial charge in [0, 0.05) is 29.5 Å². The largest absolute Gasteiger partial charge is 0.355 e. The minimum atomic E-state index is -0.0109. The van der Waals surface area contributed by atoms with Crippen LogP contribution in [0.4, 0.5) is 5.82 Å². The second kappa shape index (κ2) is 9.09. The van der Waals surface area contributed by atoms with Gasteiger partial charge in [-0.05, 0) is 49.4 Å². The van der Waals surface area contributed by atoms with Crippen molar-refractivity contribution in [1.82, 2.24) is 15.3 Å². The van der Waals surface area contributed by atoms with Gasteiger partial charge in [-0.1, -0.05) is 30.7 Å². The van der Waals surface area contributed by atoms with Gasteiger partial charge in [0.05, 0.1) is 11.3 Å². The summed E-state index contributed by atoms with van der Waals surface area (Å²) >= 11 is 7.65. The van der Waals surface area contributed by atoms with E-state index in [1.54, 1.807) is 17.7 Å². The molecule has 1 saturated heterocycles. The van der Waals surface area contributed by atoms with E-state index in [0.717, 1.165) is 53.3 Å². The number of hydrogen-bond donors (Lipinski definition) is 1. The summed E-state index contributed by atoms with van der Waals surface area (Å²) in [6.45, 7) is 4.43. The Kier molecular flexibility index (Phi) is 6.31. The van der Waals surface area contributed by atoms with E-state index in [1.165, 1.54) is 10.4 Å². The highest BCUT2D eigenvalue weighted by molar-refractivity contribution is 7.18. The third-order valence-corrected chi connectivity index (χ3v) is 6.87. The van der Waals surface area contributed by atoms with Crippen LogP contribution in [0.2, 0.25) is 5.02 Å². The third kappa shape index (κ3) is 4.70. The molecule has 2 aromatic heterocycles. The van der Waals surface area contributed by atoms with Crippen LogP contribution in [0, 0.1) is 5.92 Å². The molecule has 0 unspecified atom stereocenters. The van der Waals surface area contributed by atoms with E-state index < -0.39 is 0 Å². The molecule has 3 aromatic rings. The van der Waals surface area contributed by atoms with Crippen LogP contribution in [0.15, 0.2) is 36.7 Å². The maximum Gasteiger partial charge on any atom is 0.224 e. The lowest BCUT2D eigenvalue weighted by Gasteiger charge is -2.33. The van der Waals surface area contributed by atoms with Crippen LogP contribution in [0.3, 0.4) is 0 Å². The molecule has 1 aliphatic rings. The van der Waals surface area contributed by atoms with Gasteiger partial charge in [-0.25, -0.2) is 9.97 Å². The number of carbonyl (C=O) groups is 1. The fraction of sp³-hybridized carbons (Fsp3) is 0.409. The number of carbonyl (C=O) groups excluding carboxylic acids is 1. The number of nitrogens with zero attached hydrogens (tertiary/aromatic N) is 3. The molecule has 4 rings (SSSR count). The number of fused-ring (bicyclic) bond motifs is 1. The lowest BCUT2D eigenvalue weighted by Crippen LogP contribution is -2.43. The van der Waals surface area contributed by atoms with Gasteiger partial charge in [-0.3, -0.25) is 4.79 Å². The molecule has 1 atom stereocenters. The molecule has 0 radical (unpaired) electrons. The quantitative estimate of drug-likeness (QED) is 0.628. The van der Waals surface area contributed by atoms with E-state index in [1.807, 2.05) is 24.3 Å². The topological polar surface area (TPSA) is 58.1 Å². The first-order chi connectivity index (χ1) is 14.1. The minimum absolute atomic E-state index is 0.0109. The molecule has 1 aromatic carbocycles. The summed E-state index contributed by atoms with van der Waals surface area (Å²) in [5, 5.41) is 4.95. The Balaban J connectivity index is 1.38. The molecule has 1 amide bonds. The number of aryl methyl sites for hydroxylation is 1. The second-order valence-electron chi connectivity index (χ2n) is 7.44. The van der Waals surface area contributed by atoms with Crippen molar-refractivity contribution < 1.29 is 4.79 Å². The van der Waals surface area contributed by atoms with Crippen molar-refractivity contribution >= 4 is 44.9 Å². The van der Waals surface area contributed by atoms with Crippen LogP contribution in [0.1, 0.15) is 30.2 Å². The van der Waals surface area contributed by atoms with Crippen molar-refractivity contribution in [3.05, 3.63) is 52.1 Å². The summed E-state index contributed by atoms with van der Waals surface area (Å²) < 4.78 is 0. The number of rotatable bonds is 6. The lowest BCUT2D eigenvalue weighted by atomic mass is 9.97. The Morgan fingerprint density at radius 3 is 2.93 bits per heavy atom. The van der Waals surface area contributed by atoms with Crippen molar-refractivity contribution in [3.63, 3.8) is 0 Å². The van der Waals surface area contributed by atoms with Gasteiger partial charge in [0.2, 0.25) is 5.91 Å². The summed E-state index contributed by atoms with van der Waals surface area (Å²) in [5.74, 6) is 1.08. The van der Waals surface area contributed by atoms with Crippen molar-refractivity contribution in [2.24, 2.45) is 5.92 Å². The fourth-order valence-corrected chi connectivity index (χ4v) is 4.88. The monoisotopic (exact) mass is 428 g/mol. The Morgan fingerprint density at radius 2 is 2.14 bits per heavy atom. The van der Waals surface area contributed by atoms with Crippen molar-refractivity contribution in [2.45, 2.75) is 32.6 Å². The molecule has 0 spiro atoms. The van der Waals surface area contributed by atoms with Crippen LogP contribution >= 0.6 is 22.9 Å². The lowest BCUT2D eigenvalue weighted by molar-refractivity contribution is -0.125. The second-order valence-corrected chi connectivity index (χ2v) is 8.99. The van der Waals surface area contributed by atoms with Crippen LogP contribution in [0.5, 0.6) is 0 Å². The van der Waals surface area contributed by atoms with Crippen LogP contribution < -0.4 is 10.2 Å². The predicted molar refractivity (Wildman–Crippen MR) is 120 cm³/mol. The molecule has 5 nitrogen and oxygen atoms in total. The smallest absolute Gasteiger partial charge is 0.224 e. The van der Waals surface area contributed by atoms with Crippen LogP contribution in [-0.4, -0.2) is 35.5 Å². The molecule has 152 valence electrons. The Bertz CT molecular complexity index is 988. The molecular formula is C22H25ClN4OS. The maximum absolute atomic E-state index is 12.7. The zero-order valence-corrected chi connectivity index (χ0v) is 18.1. The van der Waals surface area contributed by atoms with Gasteiger partial charge in [0.25, 0.3) is 0 Å². The predicted octanol–water partition coefficient (Wildman–Crippen LogP) is 4.48. The normalized spacial score (nSPS) is 16.9. The van der Waals surface area contributed by atoms with Crippen molar-refractivity contribution in [1.29, 1.82) is 0 Å². The zero-order chi connectivity index (χ0) is 20.2. The number of nitrogens with one attached hydrogen (secondary N) is 1. The summed E-state index contributed by atoms with van der Waals surface area (Å²) in [7, 11) is 0. The number of hydrogen-bond acceptors (Lipinski definition) is 5. The highest BCUT2D eigenvalue weighted by Crippen LogP contribution is 2.32. The highest BCUT2D eigenvalue weighted by Gasteiger charge is 2.27. The molecular weight excluding hydrogens is 404 g/mol. The van der Waals surface area contributed by atoms with E-state index in [-0.39, 0.29) is 11.8 Å². The van der Waals surface area contributed by atoms with Gasteiger partial charge >= 0.3 is 0 Å². The first kappa shape index (κ1) is 20.1. The summed E-state index contributed by atoms with van der Waals surface area (Å²) in [6, 6.07) is 9.97. The Labute approximate surface area is 180 Å². The number of aromatic nitrogens is 2. The fourth-order valence-electron chi connectivity index (χ4n) is 3.83. The molecule has 0 saturated carbocycles. The molecule has 29 heavy (non-hydrogen) atoms. The number of piperidine rings is 1. The van der Waals surface area contributed by atoms with Crippen molar-refractivity contribution in [2.75, 3.05) is 24.5 Å². The minimum Gasteiger partial charge on any atom is -0.355 e. The maximum atomic E-state index is 12.7. The van der Waals surface area contributed by atoms with Gasteiger partial charge in [-0.2, -0.15) is 0 Å². The van der Waals surface area contributed by atoms with Gasteiger partial charge < -0.3 is 10.2 Å². The van der Waals surface area contributed by atoms with Crippen LogP contribution in [-0.2, 0) is 17.6 Å². The summed E-state index contributed by atoms with van der Waals surface area (Å²) in [4.78, 5) is 26.3. The van der Waals surface area contributed by atoms with E-state index in [2.05, 4.69) is 33.2 Å². The molecule has 7 heteroatoms. The number of amides is 1. The molecule has 0 bridgehead atoms. The average molecular weight is 429 g/mol. The van der Waals surface area contributed by atoms with E-state index >= 15 is 0 Å². The van der Waals surface area contributed by atoms with Gasteiger partial charge in [0.15, 0.2) is 0 Å². The first-order valence-corrected chi connectivity index (χ1v) is 11.3. The molecule has 0 aliphatic carbocycles. The molecule has 1 fully saturated rings. The summed E-state index contributed by atoms with van der Waals surface area (Å²) in [5.41, 5.74) is 1.17. The van der Waals surface area contributed by atoms with E-state index in [4.69, 9.17) is 11.6 Å². The van der Waals surface area contributed by atoms with E-state index in [9.17, 15) is 4.79 Å². The van der Waals surface area contributed by atoms with Crippen LogP contribution in [0.25, 0.3) is 10.2 Å². The highest BCUT2D eigenvalue weighted by atomic mass is 35.5. The molecule has 1 N–H and O–H groups in total. The van der Waals surface area contributed by atoms with E-state index in [0.29, 0.717) is 13.1 Å². The van der Waals surface area contributed by atoms with Crippen molar-refractivity contribution in [3.8, 4) is 0 Å². The standard InChI is InChI=1S/C22H25ClN4OS/c1-2-18-12-19-20(25-14-26-22(19)29-18)27-11-3-4-16(13-27)21(28)24-10-9-15-5-7-17(23)8-6-15/h5-8,12,14,16H,2-4,9-11,13H2,1H3,(H,24,28)/t16-/m1/s1. The number of anilines is 1. The number of thiophene rings is 1. The average Bonchev–Trinajstić information content (AvgIpc) is 3.18. The first-order valence-electron chi connectivity index (χ1n) is 10.1. The molecule has 1 aliphatic heterocycles. The number of benzene rings is 1. The van der Waals surface area contributed by atoms with Gasteiger partial charge in [0.1, 0.15) is 17.0 Å². The number of halogens is 1.